The number of hydrogen-bond acceptors (Lipinski definition) is 1. The number of hydrogen-bond donors (Lipinski definition) is 2. The van der Waals surface area contributed by atoms with Crippen LogP contribution in [-0.2, 0) is 0 Å². The highest BCUT2D eigenvalue weighted by Crippen LogP contribution is 2.13. The van der Waals surface area contributed by atoms with E-state index in [-0.39, 0.29) is 11.3 Å². The van der Waals surface area contributed by atoms with Gasteiger partial charge in [0.15, 0.2) is 0 Å². The van der Waals surface area contributed by atoms with E-state index >= 15 is 0 Å². The highest BCUT2D eigenvalue weighted by Gasteiger charge is 2.06. The molecule has 0 aliphatic rings. The predicted molar refractivity (Wildman–Crippen MR) is 56.9 cm³/mol. The average Bonchev–Trinajstić information content (AvgIpc) is 2.15. The second kappa shape index (κ2) is 4.72. The van der Waals surface area contributed by atoms with Gasteiger partial charge >= 0.3 is 0 Å². The van der Waals surface area contributed by atoms with Gasteiger partial charge in [-0.3, -0.25) is 4.79 Å². The molecule has 0 heterocycles. The minimum absolute atomic E-state index is 0.161. The van der Waals surface area contributed by atoms with Crippen molar-refractivity contribution in [3.63, 3.8) is 0 Å². The summed E-state index contributed by atoms with van der Waals surface area (Å²) < 4.78 is 0. The molecule has 0 bridgehead atoms. The summed E-state index contributed by atoms with van der Waals surface area (Å²) in [7, 11) is 0. The van der Waals surface area contributed by atoms with Gasteiger partial charge in [-0.2, -0.15) is 0 Å². The van der Waals surface area contributed by atoms with Crippen LogP contribution in [0.3, 0.4) is 0 Å². The Morgan fingerprint density at radius 3 is 2.54 bits per heavy atom. The Balaban J connectivity index is 2.78. The molecule has 68 valence electrons. The molecule has 1 amide bonds. The number of nitrogens with one attached hydrogen (secondary N) is 1. The number of rotatable bonds is 3. The summed E-state index contributed by atoms with van der Waals surface area (Å²) in [5.74, 6) is 0. The predicted octanol–water partition coefficient (Wildman–Crippen LogP) is 2.55. The van der Waals surface area contributed by atoms with Gasteiger partial charge in [-0.1, -0.05) is 49.0 Å². The van der Waals surface area contributed by atoms with Crippen LogP contribution in [0.25, 0.3) is 0 Å². The van der Waals surface area contributed by atoms with Crippen LogP contribution in [0.4, 0.5) is 4.79 Å². The van der Waals surface area contributed by atoms with Crippen molar-refractivity contribution in [2.45, 2.75) is 6.04 Å². The van der Waals surface area contributed by atoms with Crippen molar-refractivity contribution in [1.29, 1.82) is 0 Å². The van der Waals surface area contributed by atoms with Crippen molar-refractivity contribution in [2.75, 3.05) is 0 Å². The van der Waals surface area contributed by atoms with Crippen molar-refractivity contribution in [3.8, 4) is 0 Å². The van der Waals surface area contributed by atoms with Crippen LogP contribution in [0.2, 0.25) is 0 Å². The van der Waals surface area contributed by atoms with Crippen LogP contribution in [0.5, 0.6) is 0 Å². The third-order valence-corrected chi connectivity index (χ3v) is 1.80. The summed E-state index contributed by atoms with van der Waals surface area (Å²) in [5.41, 5.74) is 1.000. The zero-order valence-electron chi connectivity index (χ0n) is 7.10. The Morgan fingerprint density at radius 1 is 1.46 bits per heavy atom. The quantitative estimate of drug-likeness (QED) is 0.560. The van der Waals surface area contributed by atoms with Crippen LogP contribution >= 0.6 is 12.6 Å². The molecular formula is C10H11NOS. The van der Waals surface area contributed by atoms with Gasteiger partial charge in [0, 0.05) is 0 Å². The second-order valence-electron chi connectivity index (χ2n) is 2.57. The Morgan fingerprint density at radius 2 is 2.08 bits per heavy atom. The molecule has 0 aliphatic carbocycles. The van der Waals surface area contributed by atoms with E-state index in [4.69, 9.17) is 0 Å². The lowest BCUT2D eigenvalue weighted by molar-refractivity contribution is 0.259. The van der Waals surface area contributed by atoms with Crippen LogP contribution in [0, 0.1) is 0 Å². The first kappa shape index (κ1) is 9.86. The maximum atomic E-state index is 10.7. The van der Waals surface area contributed by atoms with E-state index in [2.05, 4.69) is 24.5 Å². The molecule has 1 N–H and O–H groups in total. The summed E-state index contributed by atoms with van der Waals surface area (Å²) in [6.07, 6.45) is 1.67. The fourth-order valence-corrected chi connectivity index (χ4v) is 1.21. The molecule has 0 aromatic heterocycles. The Hall–Kier alpha value is -1.22. The molecule has 3 heteroatoms. The van der Waals surface area contributed by atoms with E-state index in [0.29, 0.717) is 0 Å². The summed E-state index contributed by atoms with van der Waals surface area (Å²) in [4.78, 5) is 10.7. The minimum atomic E-state index is -0.353. The number of carbonyl (C=O) groups is 1. The summed E-state index contributed by atoms with van der Waals surface area (Å²) in [5, 5.41) is 2.30. The molecule has 0 aliphatic heterocycles. The van der Waals surface area contributed by atoms with Gasteiger partial charge < -0.3 is 5.32 Å². The van der Waals surface area contributed by atoms with E-state index in [9.17, 15) is 4.79 Å². The molecule has 1 unspecified atom stereocenters. The molecule has 1 aromatic carbocycles. The van der Waals surface area contributed by atoms with Crippen molar-refractivity contribution >= 4 is 17.9 Å². The van der Waals surface area contributed by atoms with Crippen molar-refractivity contribution in [1.82, 2.24) is 5.32 Å². The Kier molecular flexibility index (Phi) is 3.58. The number of carbonyl (C=O) groups excluding carboxylic acids is 1. The fraction of sp³-hybridized carbons (Fsp3) is 0.100. The van der Waals surface area contributed by atoms with E-state index in [0.717, 1.165) is 5.56 Å². The van der Waals surface area contributed by atoms with Crippen LogP contribution < -0.4 is 5.32 Å². The average molecular weight is 193 g/mol. The lowest BCUT2D eigenvalue weighted by Crippen LogP contribution is -2.21. The van der Waals surface area contributed by atoms with Gasteiger partial charge in [0.1, 0.15) is 0 Å². The molecule has 0 fully saturated rings. The first-order valence-corrected chi connectivity index (χ1v) is 4.35. The fourth-order valence-electron chi connectivity index (χ4n) is 1.07. The molecule has 1 atom stereocenters. The molecule has 1 aromatic rings. The first-order valence-electron chi connectivity index (χ1n) is 3.91. The van der Waals surface area contributed by atoms with Gasteiger partial charge in [0.2, 0.25) is 0 Å². The zero-order valence-corrected chi connectivity index (χ0v) is 8.00. The molecule has 1 rings (SSSR count). The number of thiol groups is 1. The molecule has 0 saturated carbocycles. The Bertz CT molecular complexity index is 297. The van der Waals surface area contributed by atoms with E-state index in [1.165, 1.54) is 0 Å². The summed E-state index contributed by atoms with van der Waals surface area (Å²) >= 11 is 3.64. The van der Waals surface area contributed by atoms with Gasteiger partial charge in [-0.05, 0) is 5.56 Å². The van der Waals surface area contributed by atoms with Gasteiger partial charge in [-0.25, -0.2) is 0 Å². The lowest BCUT2D eigenvalue weighted by Gasteiger charge is -2.12. The molecule has 0 spiro atoms. The zero-order chi connectivity index (χ0) is 9.68. The molecule has 0 radical (unpaired) electrons. The third-order valence-electron chi connectivity index (χ3n) is 1.67. The largest absolute Gasteiger partial charge is 0.337 e. The second-order valence-corrected chi connectivity index (χ2v) is 2.98. The minimum Gasteiger partial charge on any atom is -0.337 e. The van der Waals surface area contributed by atoms with Crippen molar-refractivity contribution < 1.29 is 4.79 Å². The van der Waals surface area contributed by atoms with E-state index in [1.54, 1.807) is 6.08 Å². The van der Waals surface area contributed by atoms with Crippen molar-refractivity contribution in [3.05, 3.63) is 48.6 Å². The lowest BCUT2D eigenvalue weighted by atomic mass is 10.1. The van der Waals surface area contributed by atoms with E-state index in [1.807, 2.05) is 30.3 Å². The third kappa shape index (κ3) is 2.95. The van der Waals surface area contributed by atoms with E-state index < -0.39 is 0 Å². The maximum absolute atomic E-state index is 10.7. The normalized spacial score (nSPS) is 11.8. The molecule has 13 heavy (non-hydrogen) atoms. The van der Waals surface area contributed by atoms with Crippen LogP contribution in [-0.4, -0.2) is 5.24 Å². The molecule has 2 nitrogen and oxygen atoms in total. The van der Waals surface area contributed by atoms with Gasteiger partial charge in [0.05, 0.1) is 6.04 Å². The van der Waals surface area contributed by atoms with Crippen LogP contribution in [0.1, 0.15) is 11.6 Å². The molecule has 0 saturated heterocycles. The Labute approximate surface area is 83.1 Å². The number of amides is 1. The highest BCUT2D eigenvalue weighted by molar-refractivity contribution is 7.96. The molecular weight excluding hydrogens is 182 g/mol. The van der Waals surface area contributed by atoms with Crippen molar-refractivity contribution in [2.24, 2.45) is 0 Å². The first-order chi connectivity index (χ1) is 6.24. The standard InChI is InChI=1S/C10H11NOS/c1-2-9(11-10(12)13)8-6-4-3-5-7-8/h2-7,9H,1H2,(H2,11,12,13). The number of benzene rings is 1. The monoisotopic (exact) mass is 193 g/mol. The van der Waals surface area contributed by atoms with Gasteiger partial charge in [0.25, 0.3) is 5.24 Å². The van der Waals surface area contributed by atoms with Gasteiger partial charge in [-0.15, -0.1) is 6.58 Å². The smallest absolute Gasteiger partial charge is 0.276 e. The maximum Gasteiger partial charge on any atom is 0.276 e. The summed E-state index contributed by atoms with van der Waals surface area (Å²) in [6.45, 7) is 3.64. The van der Waals surface area contributed by atoms with Crippen LogP contribution in [0.15, 0.2) is 43.0 Å². The topological polar surface area (TPSA) is 29.1 Å². The summed E-state index contributed by atoms with van der Waals surface area (Å²) in [6, 6.07) is 9.44. The highest BCUT2D eigenvalue weighted by atomic mass is 32.1. The SMILES string of the molecule is C=CC(NC(=O)S)c1ccccc1.